The van der Waals surface area contributed by atoms with E-state index >= 15 is 0 Å². The second-order valence-corrected chi connectivity index (χ2v) is 18.8. The van der Waals surface area contributed by atoms with Gasteiger partial charge in [-0.2, -0.15) is 0 Å². The van der Waals surface area contributed by atoms with E-state index < -0.39 is 24.9 Å². The summed E-state index contributed by atoms with van der Waals surface area (Å²) in [5, 5.41) is 3.01. The molecule has 1 aromatic rings. The molecule has 0 aromatic heterocycles. The normalized spacial score (nSPS) is 12.8. The molecule has 0 aliphatic rings. The first-order valence-electron chi connectivity index (χ1n) is 21.5. The molecule has 0 heterocycles. The Morgan fingerprint density at radius 3 is 1.40 bits per heavy atom. The average molecular weight is 768 g/mol. The van der Waals surface area contributed by atoms with Gasteiger partial charge in [0.05, 0.1) is 11.6 Å². The summed E-state index contributed by atoms with van der Waals surface area (Å²) in [6, 6.07) is 8.08. The van der Waals surface area contributed by atoms with Crippen LogP contribution in [0.1, 0.15) is 217 Å². The van der Waals surface area contributed by atoms with E-state index in [1.165, 1.54) is 141 Å². The van der Waals surface area contributed by atoms with Gasteiger partial charge in [-0.1, -0.05) is 199 Å². The second kappa shape index (κ2) is 34.2. The van der Waals surface area contributed by atoms with Crippen molar-refractivity contribution in [3.63, 3.8) is 0 Å². The minimum absolute atomic E-state index is 0.0277. The SMILES string of the molecule is CCCCCCCCCCCCCCCCCC(=O)NC(CSP(=O)(O)O)C(CCCCCCCCCCCCCCC)OC(=O)c1ccccc1. The Morgan fingerprint density at radius 1 is 0.615 bits per heavy atom. The van der Waals surface area contributed by atoms with Gasteiger partial charge in [-0.15, -0.1) is 0 Å². The predicted octanol–water partition coefficient (Wildman–Crippen LogP) is 13.3. The molecule has 0 saturated heterocycles. The van der Waals surface area contributed by atoms with Gasteiger partial charge < -0.3 is 19.8 Å². The minimum Gasteiger partial charge on any atom is -0.457 e. The zero-order valence-electron chi connectivity index (χ0n) is 33.3. The highest BCUT2D eigenvalue weighted by Gasteiger charge is 2.30. The molecule has 7 nitrogen and oxygen atoms in total. The maximum absolute atomic E-state index is 13.1. The first-order chi connectivity index (χ1) is 25.3. The van der Waals surface area contributed by atoms with E-state index in [0.29, 0.717) is 29.8 Å². The summed E-state index contributed by atoms with van der Waals surface area (Å²) >= 11 is 0.507. The summed E-state index contributed by atoms with van der Waals surface area (Å²) in [7, 11) is 0. The number of carbonyl (C=O) groups excluding carboxylic acids is 2. The standard InChI is InChI=1S/C43H78NO6PS/c1-3-5-7-9-11-13-15-17-18-20-22-24-26-28-33-37-42(45)44-40(38-52-51(47,48)49)41(50-43(46)39-34-30-29-31-35-39)36-32-27-25-23-21-19-16-14-12-10-8-6-4-2/h29-31,34-35,40-41H,3-28,32-33,36-38H2,1-2H3,(H,44,45)(H2,47,48,49). The van der Waals surface area contributed by atoms with Gasteiger partial charge >= 0.3 is 12.8 Å². The molecule has 1 rings (SSSR count). The van der Waals surface area contributed by atoms with Crippen LogP contribution in [0.15, 0.2) is 30.3 Å². The van der Waals surface area contributed by atoms with Crippen LogP contribution in [0.2, 0.25) is 0 Å². The maximum atomic E-state index is 13.1. The highest BCUT2D eigenvalue weighted by Crippen LogP contribution is 2.50. The van der Waals surface area contributed by atoms with Crippen molar-refractivity contribution in [1.29, 1.82) is 0 Å². The van der Waals surface area contributed by atoms with E-state index in [1.807, 2.05) is 6.07 Å². The molecule has 1 aromatic carbocycles. The summed E-state index contributed by atoms with van der Waals surface area (Å²) in [6.07, 6.45) is 35.0. The van der Waals surface area contributed by atoms with E-state index in [4.69, 9.17) is 4.74 Å². The Hall–Kier alpha value is -1.34. The molecule has 2 unspecified atom stereocenters. The Bertz CT molecular complexity index is 1020. The number of benzene rings is 1. The number of rotatable bonds is 37. The van der Waals surface area contributed by atoms with Crippen molar-refractivity contribution in [2.75, 3.05) is 5.75 Å². The van der Waals surface area contributed by atoms with E-state index in [0.717, 1.165) is 38.5 Å². The van der Waals surface area contributed by atoms with Crippen LogP contribution in [-0.2, 0) is 14.1 Å². The van der Waals surface area contributed by atoms with E-state index in [2.05, 4.69) is 19.2 Å². The van der Waals surface area contributed by atoms with Crippen molar-refractivity contribution in [3.8, 4) is 0 Å². The molecule has 0 aliphatic carbocycles. The first kappa shape index (κ1) is 48.7. The molecule has 0 saturated carbocycles. The molecule has 2 atom stereocenters. The zero-order chi connectivity index (χ0) is 38.0. The van der Waals surface area contributed by atoms with Gasteiger partial charge in [-0.05, 0) is 42.8 Å². The Morgan fingerprint density at radius 2 is 1.00 bits per heavy atom. The lowest BCUT2D eigenvalue weighted by Crippen LogP contribution is -2.47. The van der Waals surface area contributed by atoms with E-state index in [-0.39, 0.29) is 11.7 Å². The number of hydrogen-bond donors (Lipinski definition) is 3. The highest BCUT2D eigenvalue weighted by molar-refractivity contribution is 8.54. The summed E-state index contributed by atoms with van der Waals surface area (Å²) in [5.41, 5.74) is 0.420. The zero-order valence-corrected chi connectivity index (χ0v) is 35.1. The minimum atomic E-state index is -4.38. The van der Waals surface area contributed by atoms with Crippen LogP contribution >= 0.6 is 18.2 Å². The molecule has 302 valence electrons. The lowest BCUT2D eigenvalue weighted by atomic mass is 10.0. The third-order valence-electron chi connectivity index (χ3n) is 10.1. The van der Waals surface area contributed by atoms with Crippen molar-refractivity contribution < 1.29 is 28.7 Å². The molecule has 9 heteroatoms. The van der Waals surface area contributed by atoms with Gasteiger partial charge in [0.1, 0.15) is 6.10 Å². The quantitative estimate of drug-likeness (QED) is 0.0351. The van der Waals surface area contributed by atoms with Crippen molar-refractivity contribution in [1.82, 2.24) is 5.32 Å². The van der Waals surface area contributed by atoms with Gasteiger partial charge in [0.15, 0.2) is 0 Å². The summed E-state index contributed by atoms with van der Waals surface area (Å²) in [4.78, 5) is 45.5. The fourth-order valence-corrected chi connectivity index (χ4v) is 8.56. The third-order valence-corrected chi connectivity index (χ3v) is 12.4. The van der Waals surface area contributed by atoms with Crippen LogP contribution < -0.4 is 5.32 Å². The number of nitrogens with one attached hydrogen (secondary N) is 1. The van der Waals surface area contributed by atoms with Crippen molar-refractivity contribution in [2.45, 2.75) is 219 Å². The third kappa shape index (κ3) is 30.0. The van der Waals surface area contributed by atoms with Crippen molar-refractivity contribution in [3.05, 3.63) is 35.9 Å². The summed E-state index contributed by atoms with van der Waals surface area (Å²) < 4.78 is 17.8. The van der Waals surface area contributed by atoms with Gasteiger partial charge in [-0.3, -0.25) is 4.79 Å². The van der Waals surface area contributed by atoms with Crippen LogP contribution in [-0.4, -0.2) is 39.6 Å². The van der Waals surface area contributed by atoms with Crippen LogP contribution in [0.3, 0.4) is 0 Å². The van der Waals surface area contributed by atoms with Gasteiger partial charge in [0, 0.05) is 12.2 Å². The van der Waals surface area contributed by atoms with Crippen LogP contribution in [0.4, 0.5) is 0 Å². The lowest BCUT2D eigenvalue weighted by molar-refractivity contribution is -0.122. The monoisotopic (exact) mass is 768 g/mol. The van der Waals surface area contributed by atoms with Gasteiger partial charge in [-0.25, -0.2) is 9.36 Å². The molecule has 3 N–H and O–H groups in total. The first-order valence-corrected chi connectivity index (χ1v) is 24.7. The molecule has 52 heavy (non-hydrogen) atoms. The molecule has 0 spiro atoms. The van der Waals surface area contributed by atoms with Gasteiger partial charge in [0.25, 0.3) is 0 Å². The molecule has 0 aliphatic heterocycles. The smallest absolute Gasteiger partial charge is 0.384 e. The fourth-order valence-electron chi connectivity index (χ4n) is 6.84. The second-order valence-electron chi connectivity index (χ2n) is 15.0. The number of ether oxygens (including phenoxy) is 1. The van der Waals surface area contributed by atoms with Crippen molar-refractivity contribution >= 4 is 30.1 Å². The number of hydrogen-bond acceptors (Lipinski definition) is 5. The maximum Gasteiger partial charge on any atom is 0.384 e. The number of esters is 1. The summed E-state index contributed by atoms with van der Waals surface area (Å²) in [6.45, 7) is 0.131. The largest absolute Gasteiger partial charge is 0.457 e. The van der Waals surface area contributed by atoms with Crippen LogP contribution in [0.5, 0.6) is 0 Å². The molecular formula is C43H78NO6PS. The number of unbranched alkanes of at least 4 members (excludes halogenated alkanes) is 26. The molecular weight excluding hydrogens is 690 g/mol. The highest BCUT2D eigenvalue weighted by atomic mass is 32.7. The van der Waals surface area contributed by atoms with Crippen LogP contribution in [0.25, 0.3) is 0 Å². The van der Waals surface area contributed by atoms with Crippen molar-refractivity contribution in [2.24, 2.45) is 0 Å². The molecule has 1 amide bonds. The van der Waals surface area contributed by atoms with E-state index in [9.17, 15) is 23.9 Å². The van der Waals surface area contributed by atoms with Gasteiger partial charge in [0.2, 0.25) is 5.91 Å². The van der Waals surface area contributed by atoms with Crippen LogP contribution in [0, 0.1) is 0 Å². The molecule has 0 fully saturated rings. The Kier molecular flexibility index (Phi) is 32.0. The number of amides is 1. The molecule has 0 radical (unpaired) electrons. The molecule has 0 bridgehead atoms. The predicted molar refractivity (Wildman–Crippen MR) is 222 cm³/mol. The topological polar surface area (TPSA) is 113 Å². The number of carbonyl (C=O) groups is 2. The lowest BCUT2D eigenvalue weighted by Gasteiger charge is -2.28. The Labute approximate surface area is 323 Å². The Balaban J connectivity index is 2.50. The summed E-state index contributed by atoms with van der Waals surface area (Å²) in [5.74, 6) is -0.666. The van der Waals surface area contributed by atoms with E-state index in [1.54, 1.807) is 24.3 Å². The average Bonchev–Trinajstić information content (AvgIpc) is 3.13. The fraction of sp³-hybridized carbons (Fsp3) is 0.814.